The van der Waals surface area contributed by atoms with Crippen molar-refractivity contribution < 1.29 is 15.0 Å². The van der Waals surface area contributed by atoms with Crippen LogP contribution >= 0.6 is 11.8 Å². The maximum absolute atomic E-state index is 10.2. The van der Waals surface area contributed by atoms with Gasteiger partial charge in [0, 0.05) is 4.75 Å². The molecule has 0 fully saturated rings. The van der Waals surface area contributed by atoms with Gasteiger partial charge in [-0.25, -0.2) is 4.79 Å². The zero-order valence-electron chi connectivity index (χ0n) is 6.29. The minimum Gasteiger partial charge on any atom is -0.479 e. The maximum atomic E-state index is 10.2. The molecule has 3 nitrogen and oxygen atoms in total. The summed E-state index contributed by atoms with van der Waals surface area (Å²) in [6.45, 7) is 3.38. The minimum absolute atomic E-state index is 0.605. The first kappa shape index (κ1) is 9.78. The van der Waals surface area contributed by atoms with Crippen LogP contribution in [0.3, 0.4) is 0 Å². The van der Waals surface area contributed by atoms with Crippen LogP contribution in [0.4, 0.5) is 0 Å². The van der Waals surface area contributed by atoms with Crippen molar-refractivity contribution in [3.8, 4) is 0 Å². The number of aliphatic hydroxyl groups is 1. The number of carboxylic acids is 1. The van der Waals surface area contributed by atoms with Crippen LogP contribution in [0.15, 0.2) is 0 Å². The predicted molar refractivity (Wildman–Crippen MR) is 41.2 cm³/mol. The van der Waals surface area contributed by atoms with E-state index < -0.39 is 16.8 Å². The first-order chi connectivity index (χ1) is 4.41. The van der Waals surface area contributed by atoms with Crippen molar-refractivity contribution in [2.45, 2.75) is 24.7 Å². The second-order valence-electron chi connectivity index (χ2n) is 2.55. The molecular formula is C6H12O3S. The maximum Gasteiger partial charge on any atom is 0.333 e. The third kappa shape index (κ3) is 2.19. The standard InChI is InChI=1S/C6H12O3S/c1-6(2,10-3)4(7)5(8)9/h4,7H,1-3H3,(H,8,9). The highest BCUT2D eigenvalue weighted by molar-refractivity contribution is 8.00. The molecule has 0 rings (SSSR count). The van der Waals surface area contributed by atoms with E-state index in [1.165, 1.54) is 11.8 Å². The van der Waals surface area contributed by atoms with Crippen molar-refractivity contribution >= 4 is 17.7 Å². The molecule has 4 heteroatoms. The van der Waals surface area contributed by atoms with Crippen LogP contribution in [0.1, 0.15) is 13.8 Å². The van der Waals surface area contributed by atoms with Gasteiger partial charge in [-0.3, -0.25) is 0 Å². The highest BCUT2D eigenvalue weighted by atomic mass is 32.2. The molecule has 0 saturated carbocycles. The van der Waals surface area contributed by atoms with Crippen molar-refractivity contribution in [1.29, 1.82) is 0 Å². The number of hydrogen-bond acceptors (Lipinski definition) is 3. The Morgan fingerprint density at radius 2 is 2.00 bits per heavy atom. The van der Waals surface area contributed by atoms with Gasteiger partial charge in [0.15, 0.2) is 6.10 Å². The molecule has 0 aliphatic rings. The van der Waals surface area contributed by atoms with Crippen molar-refractivity contribution in [3.05, 3.63) is 0 Å². The van der Waals surface area contributed by atoms with E-state index in [4.69, 9.17) is 10.2 Å². The summed E-state index contributed by atoms with van der Waals surface area (Å²) in [6.07, 6.45) is 0.481. The van der Waals surface area contributed by atoms with Crippen LogP contribution in [-0.4, -0.2) is 33.3 Å². The van der Waals surface area contributed by atoms with E-state index >= 15 is 0 Å². The molecule has 2 N–H and O–H groups in total. The van der Waals surface area contributed by atoms with Crippen LogP contribution in [0, 0.1) is 0 Å². The number of hydrogen-bond donors (Lipinski definition) is 2. The predicted octanol–water partition coefficient (Wildman–Crippen LogP) is 0.574. The topological polar surface area (TPSA) is 57.5 Å². The van der Waals surface area contributed by atoms with Crippen molar-refractivity contribution in [2.24, 2.45) is 0 Å². The molecule has 60 valence electrons. The number of rotatable bonds is 3. The van der Waals surface area contributed by atoms with Gasteiger partial charge in [0.25, 0.3) is 0 Å². The second kappa shape index (κ2) is 3.25. The zero-order valence-corrected chi connectivity index (χ0v) is 7.10. The highest BCUT2D eigenvalue weighted by Crippen LogP contribution is 2.25. The Balaban J connectivity index is 4.17. The number of aliphatic hydroxyl groups excluding tert-OH is 1. The average molecular weight is 164 g/mol. The first-order valence-corrected chi connectivity index (χ1v) is 4.10. The van der Waals surface area contributed by atoms with Gasteiger partial charge in [0.05, 0.1) is 0 Å². The van der Waals surface area contributed by atoms with Crippen LogP contribution < -0.4 is 0 Å². The summed E-state index contributed by atoms with van der Waals surface area (Å²) >= 11 is 1.33. The molecule has 1 atom stereocenters. The van der Waals surface area contributed by atoms with Crippen LogP contribution in [0.5, 0.6) is 0 Å². The fourth-order valence-electron chi connectivity index (χ4n) is 0.409. The number of carbonyl (C=O) groups is 1. The molecule has 0 aliphatic carbocycles. The van der Waals surface area contributed by atoms with Crippen LogP contribution in [-0.2, 0) is 4.79 Å². The van der Waals surface area contributed by atoms with E-state index in [0.29, 0.717) is 0 Å². The van der Waals surface area contributed by atoms with Crippen LogP contribution in [0.25, 0.3) is 0 Å². The monoisotopic (exact) mass is 164 g/mol. The van der Waals surface area contributed by atoms with Crippen molar-refractivity contribution in [2.75, 3.05) is 6.26 Å². The Labute approximate surface area is 64.4 Å². The van der Waals surface area contributed by atoms with E-state index in [1.807, 2.05) is 0 Å². The fraction of sp³-hybridized carbons (Fsp3) is 0.833. The Hall–Kier alpha value is -0.220. The van der Waals surface area contributed by atoms with Gasteiger partial charge >= 0.3 is 5.97 Å². The van der Waals surface area contributed by atoms with E-state index in [0.717, 1.165) is 0 Å². The minimum atomic E-state index is -1.29. The Bertz CT molecular complexity index is 133. The summed E-state index contributed by atoms with van der Waals surface area (Å²) < 4.78 is -0.605. The smallest absolute Gasteiger partial charge is 0.333 e. The van der Waals surface area contributed by atoms with Gasteiger partial charge in [-0.2, -0.15) is 11.8 Å². The number of aliphatic carboxylic acids is 1. The molecule has 0 aromatic carbocycles. The van der Waals surface area contributed by atoms with Gasteiger partial charge in [0.1, 0.15) is 0 Å². The molecule has 0 amide bonds. The third-order valence-electron chi connectivity index (χ3n) is 1.42. The fourth-order valence-corrected chi connectivity index (χ4v) is 0.733. The van der Waals surface area contributed by atoms with Crippen molar-refractivity contribution in [1.82, 2.24) is 0 Å². The summed E-state index contributed by atoms with van der Waals surface area (Å²) in [6, 6.07) is 0. The van der Waals surface area contributed by atoms with Gasteiger partial charge in [-0.05, 0) is 20.1 Å². The lowest BCUT2D eigenvalue weighted by atomic mass is 10.1. The van der Waals surface area contributed by atoms with E-state index in [-0.39, 0.29) is 0 Å². The molecular weight excluding hydrogens is 152 g/mol. The van der Waals surface area contributed by atoms with Crippen LogP contribution in [0.2, 0.25) is 0 Å². The summed E-state index contributed by atoms with van der Waals surface area (Å²) in [4.78, 5) is 10.2. The molecule has 1 unspecified atom stereocenters. The molecule has 0 aliphatic heterocycles. The summed E-state index contributed by atoms with van der Waals surface area (Å²) in [5.74, 6) is -1.17. The Morgan fingerprint density at radius 1 is 1.60 bits per heavy atom. The van der Waals surface area contributed by atoms with Gasteiger partial charge < -0.3 is 10.2 Å². The quantitative estimate of drug-likeness (QED) is 0.640. The molecule has 0 spiro atoms. The lowest BCUT2D eigenvalue weighted by Crippen LogP contribution is -2.39. The van der Waals surface area contributed by atoms with E-state index in [9.17, 15) is 4.79 Å². The largest absolute Gasteiger partial charge is 0.479 e. The lowest BCUT2D eigenvalue weighted by Gasteiger charge is -2.24. The van der Waals surface area contributed by atoms with Gasteiger partial charge in [-0.15, -0.1) is 0 Å². The molecule has 0 heterocycles. The molecule has 0 bridgehead atoms. The first-order valence-electron chi connectivity index (χ1n) is 2.88. The zero-order chi connectivity index (χ0) is 8.36. The van der Waals surface area contributed by atoms with Gasteiger partial charge in [-0.1, -0.05) is 0 Å². The van der Waals surface area contributed by atoms with E-state index in [2.05, 4.69) is 0 Å². The number of carboxylic acid groups (broad SMARTS) is 1. The third-order valence-corrected chi connectivity index (χ3v) is 2.69. The lowest BCUT2D eigenvalue weighted by molar-refractivity contribution is -0.147. The highest BCUT2D eigenvalue weighted by Gasteiger charge is 2.32. The van der Waals surface area contributed by atoms with Gasteiger partial charge in [0.2, 0.25) is 0 Å². The van der Waals surface area contributed by atoms with Crippen molar-refractivity contribution in [3.63, 3.8) is 0 Å². The normalized spacial score (nSPS) is 14.8. The molecule has 0 saturated heterocycles. The Kier molecular flexibility index (Phi) is 3.18. The molecule has 10 heavy (non-hydrogen) atoms. The van der Waals surface area contributed by atoms with E-state index in [1.54, 1.807) is 20.1 Å². The average Bonchev–Trinajstić information content (AvgIpc) is 1.86. The molecule has 0 aromatic rings. The summed E-state index contributed by atoms with van der Waals surface area (Å²) in [7, 11) is 0. The molecule has 0 aromatic heterocycles. The number of thioether (sulfide) groups is 1. The summed E-state index contributed by atoms with van der Waals surface area (Å²) in [5.41, 5.74) is 0. The molecule has 0 radical (unpaired) electrons. The second-order valence-corrected chi connectivity index (χ2v) is 4.01. The SMILES string of the molecule is CSC(C)(C)C(O)C(=O)O. The summed E-state index contributed by atoms with van der Waals surface area (Å²) in [5, 5.41) is 17.4. The Morgan fingerprint density at radius 3 is 2.10 bits per heavy atom.